The molecule has 2 rings (SSSR count). The second kappa shape index (κ2) is 3.95. The number of Topliss-reactive ketones (excluding diaryl/α,β-unsaturated/α-hetero) is 1. The van der Waals surface area contributed by atoms with Crippen LogP contribution in [-0.4, -0.2) is 5.78 Å². The van der Waals surface area contributed by atoms with Crippen molar-refractivity contribution in [2.75, 3.05) is 0 Å². The van der Waals surface area contributed by atoms with Crippen LogP contribution in [0.15, 0.2) is 24.3 Å². The summed E-state index contributed by atoms with van der Waals surface area (Å²) in [6, 6.07) is 6.40. The Morgan fingerprint density at radius 1 is 1.40 bits per heavy atom. The Morgan fingerprint density at radius 2 is 2.13 bits per heavy atom. The molecule has 0 radical (unpaired) electrons. The topological polar surface area (TPSA) is 43.1 Å². The van der Waals surface area contributed by atoms with E-state index in [1.807, 2.05) is 0 Å². The van der Waals surface area contributed by atoms with Gasteiger partial charge in [-0.15, -0.1) is 0 Å². The molecule has 5 unspecified atom stereocenters. The van der Waals surface area contributed by atoms with Crippen molar-refractivity contribution in [2.45, 2.75) is 31.1 Å². The van der Waals surface area contributed by atoms with Crippen molar-refractivity contribution in [2.24, 2.45) is 5.73 Å². The predicted octanol–water partition coefficient (Wildman–Crippen LogP) is 2.64. The summed E-state index contributed by atoms with van der Waals surface area (Å²) < 4.78 is 31.2. The van der Waals surface area contributed by atoms with E-state index in [4.69, 9.17) is 22.8 Å². The number of hydrogen-bond acceptors (Lipinski definition) is 2. The highest BCUT2D eigenvalue weighted by atomic mass is 35.5. The highest BCUT2D eigenvalue weighted by Gasteiger charge is 2.38. The zero-order valence-corrected chi connectivity index (χ0v) is 8.74. The van der Waals surface area contributed by atoms with E-state index in [-0.39, 0.29) is 10.6 Å². The molecule has 80 valence electrons. The van der Waals surface area contributed by atoms with Crippen LogP contribution in [0.4, 0.5) is 0 Å². The molecule has 3 heteroatoms. The molecule has 15 heavy (non-hydrogen) atoms. The lowest BCUT2D eigenvalue weighted by Crippen LogP contribution is -2.47. The summed E-state index contributed by atoms with van der Waals surface area (Å²) in [5, 5.41) is 0.235. The number of hydrogen-bond donors (Lipinski definition) is 1. The van der Waals surface area contributed by atoms with E-state index in [1.54, 1.807) is 18.2 Å². The first-order chi connectivity index (χ1) is 8.81. The molecular weight excluding hydrogens is 210 g/mol. The molecule has 0 bridgehead atoms. The molecule has 0 aromatic heterocycles. The van der Waals surface area contributed by atoms with E-state index < -0.39 is 36.9 Å². The minimum absolute atomic E-state index is 0.235. The van der Waals surface area contributed by atoms with Crippen molar-refractivity contribution in [1.82, 2.24) is 0 Å². The fourth-order valence-electron chi connectivity index (χ4n) is 1.59. The average Bonchev–Trinajstić information content (AvgIpc) is 2.41. The summed E-state index contributed by atoms with van der Waals surface area (Å²) >= 11 is 6.02. The van der Waals surface area contributed by atoms with Crippen LogP contribution in [0.2, 0.25) is 5.02 Å². The maximum absolute atomic E-state index is 12.3. The lowest BCUT2D eigenvalue weighted by Gasteiger charge is -2.32. The van der Waals surface area contributed by atoms with Gasteiger partial charge in [0.2, 0.25) is 0 Å². The Labute approximate surface area is 100 Å². The van der Waals surface area contributed by atoms with E-state index >= 15 is 0 Å². The average molecular weight is 228 g/mol. The lowest BCUT2D eigenvalue weighted by atomic mass is 9.76. The van der Waals surface area contributed by atoms with Crippen LogP contribution in [-0.2, 0) is 10.3 Å². The van der Waals surface area contributed by atoms with E-state index in [9.17, 15) is 4.79 Å². The zero-order valence-electron chi connectivity index (χ0n) is 12.0. The number of halogens is 1. The second-order valence-electron chi connectivity index (χ2n) is 3.43. The van der Waals surface area contributed by atoms with Gasteiger partial charge in [0.1, 0.15) is 5.54 Å². The van der Waals surface area contributed by atoms with Gasteiger partial charge in [0.05, 0.1) is 0 Å². The van der Waals surface area contributed by atoms with Crippen LogP contribution in [0.5, 0.6) is 0 Å². The van der Waals surface area contributed by atoms with Gasteiger partial charge >= 0.3 is 0 Å². The van der Waals surface area contributed by atoms with Crippen LogP contribution >= 0.6 is 11.6 Å². The minimum Gasteiger partial charge on any atom is -0.315 e. The lowest BCUT2D eigenvalue weighted by molar-refractivity contribution is -0.126. The Bertz CT molecular complexity index is 514. The first-order valence-electron chi connectivity index (χ1n) is 6.90. The fourth-order valence-corrected chi connectivity index (χ4v) is 1.88. The maximum Gasteiger partial charge on any atom is 0.157 e. The maximum atomic E-state index is 12.3. The van der Waals surface area contributed by atoms with Crippen molar-refractivity contribution in [3.8, 4) is 0 Å². The van der Waals surface area contributed by atoms with Crippen LogP contribution < -0.4 is 5.73 Å². The number of ketones is 1. The van der Waals surface area contributed by atoms with Crippen LogP contribution in [0, 0.1) is 0 Å². The molecule has 5 atom stereocenters. The van der Waals surface area contributed by atoms with Crippen molar-refractivity contribution in [3.63, 3.8) is 0 Å². The number of rotatable bonds is 1. The van der Waals surface area contributed by atoms with Crippen molar-refractivity contribution in [1.29, 1.82) is 0 Å². The predicted molar refractivity (Wildman–Crippen MR) is 60.8 cm³/mol. The fraction of sp³-hybridized carbons (Fsp3) is 0.417. The van der Waals surface area contributed by atoms with Gasteiger partial charge in [0.15, 0.2) is 5.78 Å². The number of carbonyl (C=O) groups is 1. The molecule has 2 N–H and O–H groups in total. The first kappa shape index (κ1) is 6.66. The Balaban J connectivity index is 2.58. The molecule has 1 aliphatic rings. The molecule has 1 aliphatic carbocycles. The third-order valence-corrected chi connectivity index (χ3v) is 2.77. The smallest absolute Gasteiger partial charge is 0.157 e. The standard InChI is InChI=1S/C12H14ClNO/c13-10-6-2-1-5-9(10)12(14)8-4-3-7-11(12)15/h1-2,5-6H,3-4,7-8,14H2/i3D,4D,7D,8D. The molecule has 1 saturated carbocycles. The largest absolute Gasteiger partial charge is 0.315 e. The van der Waals surface area contributed by atoms with Gasteiger partial charge in [-0.25, -0.2) is 0 Å². The Morgan fingerprint density at radius 3 is 2.87 bits per heavy atom. The molecule has 0 saturated heterocycles. The normalized spacial score (nSPS) is 50.1. The third kappa shape index (κ3) is 1.80. The van der Waals surface area contributed by atoms with E-state index in [0.717, 1.165) is 0 Å². The van der Waals surface area contributed by atoms with Crippen molar-refractivity contribution < 1.29 is 10.3 Å². The van der Waals surface area contributed by atoms with Crippen LogP contribution in [0.25, 0.3) is 0 Å². The number of carbonyl (C=O) groups excluding carboxylic acids is 1. The van der Waals surface area contributed by atoms with Gasteiger partial charge in [-0.2, -0.15) is 0 Å². The summed E-state index contributed by atoms with van der Waals surface area (Å²) in [7, 11) is 0. The highest BCUT2D eigenvalue weighted by molar-refractivity contribution is 6.31. The Kier molecular flexibility index (Phi) is 1.76. The van der Waals surface area contributed by atoms with E-state index in [0.29, 0.717) is 0 Å². The van der Waals surface area contributed by atoms with Gasteiger partial charge in [0.25, 0.3) is 0 Å². The summed E-state index contributed by atoms with van der Waals surface area (Å²) in [6.07, 6.45) is -5.22. The van der Waals surface area contributed by atoms with Gasteiger partial charge in [-0.05, 0) is 24.4 Å². The van der Waals surface area contributed by atoms with Gasteiger partial charge in [-0.1, -0.05) is 36.2 Å². The van der Waals surface area contributed by atoms with Crippen molar-refractivity contribution >= 4 is 17.4 Å². The minimum atomic E-state index is -1.80. The molecule has 1 fully saturated rings. The molecule has 0 aliphatic heterocycles. The van der Waals surface area contributed by atoms with E-state index in [1.165, 1.54) is 6.07 Å². The second-order valence-corrected chi connectivity index (χ2v) is 3.84. The van der Waals surface area contributed by atoms with Crippen molar-refractivity contribution in [3.05, 3.63) is 34.9 Å². The van der Waals surface area contributed by atoms with Crippen LogP contribution in [0.3, 0.4) is 0 Å². The van der Waals surface area contributed by atoms with E-state index in [2.05, 4.69) is 0 Å². The number of benzene rings is 1. The molecule has 0 amide bonds. The highest BCUT2D eigenvalue weighted by Crippen LogP contribution is 2.35. The number of nitrogens with two attached hydrogens (primary N) is 1. The van der Waals surface area contributed by atoms with Gasteiger partial charge in [0, 0.05) is 16.9 Å². The summed E-state index contributed by atoms with van der Waals surface area (Å²) in [6.45, 7) is 0. The third-order valence-electron chi connectivity index (χ3n) is 2.45. The quantitative estimate of drug-likeness (QED) is 0.802. The zero-order chi connectivity index (χ0) is 14.4. The molecule has 1 aromatic rings. The summed E-state index contributed by atoms with van der Waals surface area (Å²) in [5.41, 5.74) is 4.52. The van der Waals surface area contributed by atoms with Gasteiger partial charge in [-0.3, -0.25) is 4.79 Å². The molecular formula is C12H14ClNO. The molecule has 0 spiro atoms. The monoisotopic (exact) mass is 227 g/mol. The first-order valence-corrected chi connectivity index (χ1v) is 4.96. The summed E-state index contributed by atoms with van der Waals surface area (Å²) in [4.78, 5) is 12.3. The van der Waals surface area contributed by atoms with Gasteiger partial charge < -0.3 is 5.73 Å². The Hall–Kier alpha value is -0.860. The summed E-state index contributed by atoms with van der Waals surface area (Å²) in [5.74, 6) is -0.718. The van der Waals surface area contributed by atoms with Crippen LogP contribution in [0.1, 0.15) is 36.6 Å². The SMILES string of the molecule is [2H]C1C(=O)C(N)(c2ccccc2Cl)C([2H])C([2H])C1[2H]. The molecule has 1 aromatic carbocycles. The molecule has 0 heterocycles. The molecule has 2 nitrogen and oxygen atoms in total.